The molecule has 14 heteroatoms. The molecule has 12 nitrogen and oxygen atoms in total. The van der Waals surface area contributed by atoms with Gasteiger partial charge in [0.1, 0.15) is 11.2 Å². The van der Waals surface area contributed by atoms with Crippen LogP contribution < -0.4 is 9.64 Å². The Morgan fingerprint density at radius 3 is 2.27 bits per heavy atom. The van der Waals surface area contributed by atoms with E-state index in [0.717, 1.165) is 47.2 Å². The zero-order valence-corrected chi connectivity index (χ0v) is 43.5. The van der Waals surface area contributed by atoms with Gasteiger partial charge in [-0.2, -0.15) is 0 Å². The van der Waals surface area contributed by atoms with E-state index in [0.29, 0.717) is 28.3 Å². The van der Waals surface area contributed by atoms with E-state index in [9.17, 15) is 9.90 Å². The van der Waals surface area contributed by atoms with E-state index in [1.54, 1.807) is 6.92 Å². The second-order valence-electron chi connectivity index (χ2n) is 21.9. The van der Waals surface area contributed by atoms with E-state index in [-0.39, 0.29) is 69.6 Å². The molecular weight excluding hydrogens is 895 g/mol. The average Bonchev–Trinajstić information content (AvgIpc) is 3.92. The fraction of sp³-hybridized carbons (Fsp3) is 0.661. The van der Waals surface area contributed by atoms with Crippen LogP contribution in [0.4, 0.5) is 14.5 Å². The number of benzene rings is 2. The van der Waals surface area contributed by atoms with Crippen molar-refractivity contribution in [2.45, 2.75) is 181 Å². The quantitative estimate of drug-likeness (QED) is 0.115. The molecular formula is C56H76F2N4O8. The third-order valence-electron chi connectivity index (χ3n) is 19.0. The Morgan fingerprint density at radius 1 is 0.957 bits per heavy atom. The van der Waals surface area contributed by atoms with Gasteiger partial charge in [-0.3, -0.25) is 19.4 Å². The molecule has 6 heterocycles. The van der Waals surface area contributed by atoms with Crippen molar-refractivity contribution in [3.63, 3.8) is 0 Å². The number of nitrogens with zero attached hydrogens (tertiary/aromatic N) is 3. The van der Waals surface area contributed by atoms with E-state index in [1.165, 1.54) is 0 Å². The fourth-order valence-electron chi connectivity index (χ4n) is 15.9. The van der Waals surface area contributed by atoms with Crippen LogP contribution in [0.2, 0.25) is 0 Å². The van der Waals surface area contributed by atoms with Crippen molar-refractivity contribution in [3.05, 3.63) is 69.4 Å². The lowest BCUT2D eigenvalue weighted by molar-refractivity contribution is -0.231. The molecule has 0 radical (unpaired) electrons. The number of piperidine rings is 1. The Kier molecular flexibility index (Phi) is 11.3. The largest absolute Gasteiger partial charge is 0.493 e. The summed E-state index contributed by atoms with van der Waals surface area (Å²) < 4.78 is 81.5. The lowest BCUT2D eigenvalue weighted by atomic mass is 9.45. The number of ether oxygens (including phenoxy) is 4. The van der Waals surface area contributed by atoms with Gasteiger partial charge in [-0.25, -0.2) is 13.6 Å². The minimum absolute atomic E-state index is 0.0207. The van der Waals surface area contributed by atoms with Gasteiger partial charge in [-0.1, -0.05) is 26.0 Å². The van der Waals surface area contributed by atoms with Gasteiger partial charge < -0.3 is 33.9 Å². The summed E-state index contributed by atoms with van der Waals surface area (Å²) in [7, 11) is 1.16. The maximum Gasteiger partial charge on any atom is 0.344 e. The van der Waals surface area contributed by atoms with E-state index >= 15 is 18.4 Å². The number of carbonyl (C=O) groups is 3. The Labute approximate surface area is 417 Å². The number of hydrogen-bond acceptors (Lipinski definition) is 11. The fourth-order valence-corrected chi connectivity index (χ4v) is 15.9. The summed E-state index contributed by atoms with van der Waals surface area (Å²) in [5.74, 6) is -7.72. The first-order valence-electron chi connectivity index (χ1n) is 27.2. The first-order valence-corrected chi connectivity index (χ1v) is 25.7. The van der Waals surface area contributed by atoms with Crippen molar-refractivity contribution in [1.29, 1.82) is 0 Å². The maximum atomic E-state index is 16.2. The predicted molar refractivity (Wildman–Crippen MR) is 266 cm³/mol. The summed E-state index contributed by atoms with van der Waals surface area (Å²) in [5, 5.41) is 14.9. The van der Waals surface area contributed by atoms with Crippen LogP contribution in [0.1, 0.15) is 145 Å². The number of aromatic nitrogens is 1. The van der Waals surface area contributed by atoms with Gasteiger partial charge in [0.25, 0.3) is 0 Å². The Balaban J connectivity index is 1.47. The zero-order chi connectivity index (χ0) is 53.6. The number of esters is 3. The second-order valence-corrected chi connectivity index (χ2v) is 21.9. The number of H-pyrrole nitrogens is 1. The van der Waals surface area contributed by atoms with Gasteiger partial charge in [0.2, 0.25) is 11.5 Å². The summed E-state index contributed by atoms with van der Waals surface area (Å²) >= 11 is 0. The summed E-state index contributed by atoms with van der Waals surface area (Å²) in [6.07, 6.45) is 2.58. The smallest absolute Gasteiger partial charge is 0.344 e. The van der Waals surface area contributed by atoms with Crippen LogP contribution in [-0.2, 0) is 39.4 Å². The lowest BCUT2D eigenvalue weighted by Crippen LogP contribution is -2.82. The number of nitrogens with one attached hydrogen (secondary N) is 1. The SMILES string of the molecule is [2H]C([2H])([2H])C(=O)O[C@@H]1[C@]2(CC)C=CC(C)N3C(C)[C@@H](C)C4(c5c(cc(OCC)c([C@@]6(C(=O)OCC)C[C@@H]7C[C@@H](C(C)(F)F)CN(C(C)c8c6[nH]c6cc(C)c(C)cc86)C7C)c5C)N(CC)[C@H]4[C@@]1(O)C(=O)OC)[C@@H]32. The number of halogens is 2. The third-order valence-corrected chi connectivity index (χ3v) is 19.0. The van der Waals surface area contributed by atoms with Crippen LogP contribution in [0.15, 0.2) is 30.4 Å². The van der Waals surface area contributed by atoms with Crippen molar-refractivity contribution >= 4 is 34.5 Å². The first kappa shape index (κ1) is 46.5. The van der Waals surface area contributed by atoms with E-state index in [4.69, 9.17) is 23.1 Å². The highest BCUT2D eigenvalue weighted by atomic mass is 19.3. The van der Waals surface area contributed by atoms with Crippen LogP contribution in [-0.4, -0.2) is 119 Å². The molecule has 1 aliphatic carbocycles. The lowest BCUT2D eigenvalue weighted by Gasteiger charge is -2.65. The van der Waals surface area contributed by atoms with Crippen molar-refractivity contribution in [3.8, 4) is 5.75 Å². The minimum Gasteiger partial charge on any atom is -0.493 e. The predicted octanol–water partition coefficient (Wildman–Crippen LogP) is 9.15. The van der Waals surface area contributed by atoms with Crippen molar-refractivity contribution in [2.24, 2.45) is 23.2 Å². The molecule has 1 spiro atoms. The normalized spacial score (nSPS) is 38.3. The summed E-state index contributed by atoms with van der Waals surface area (Å²) in [4.78, 5) is 55.6. The number of anilines is 1. The van der Waals surface area contributed by atoms with E-state index in [1.807, 2.05) is 64.7 Å². The number of aromatic amines is 1. The van der Waals surface area contributed by atoms with Gasteiger partial charge in [0, 0.05) is 105 Å². The van der Waals surface area contributed by atoms with Gasteiger partial charge in [0.15, 0.2) is 6.10 Å². The number of likely N-dealkylation sites (N-methyl/N-ethyl adjacent to an activating group) is 1. The molecule has 2 aromatic carbocycles. The molecule has 6 aliphatic rings. The third kappa shape index (κ3) is 6.35. The maximum absolute atomic E-state index is 16.2. The number of methoxy groups -OCH3 is 1. The van der Waals surface area contributed by atoms with Crippen molar-refractivity contribution in [2.75, 3.05) is 38.3 Å². The average molecular weight is 974 g/mol. The molecule has 0 amide bonds. The first-order chi connectivity index (χ1) is 34.2. The molecule has 1 aromatic heterocycles. The number of carbonyl (C=O) groups excluding carboxylic acids is 3. The standard InChI is InChI=1S/C56H76F2N4O8/c1-16-53-21-20-30(7)62-33(10)32(9)55(47(53)62)44-31(8)45(42(68-18-3)25-41(44)60(17-2)48(55)56(66,51(65)67-15)49(53)70-36(13)63)54(50(64)69-19-4)26-37-24-38(52(14,57)58)27-61(34(37)11)35(12)43-39-22-28(5)29(6)23-40(39)59-46(43)54/h20-23,25,30,32-35,37-38,47-49,59,66H,16-19,24,26-27H2,1-15H3/t30?,32-,33?,34?,35?,37+,38-,47+,48-,49-,53-,54+,55?,56+/m1/s1/i13D3. The van der Waals surface area contributed by atoms with Crippen molar-refractivity contribution < 1.29 is 51.3 Å². The Hall–Kier alpha value is -4.53. The van der Waals surface area contributed by atoms with Gasteiger partial charge >= 0.3 is 17.9 Å². The Bertz CT molecular complexity index is 2780. The van der Waals surface area contributed by atoms with Crippen LogP contribution >= 0.6 is 0 Å². The molecule has 15 atom stereocenters. The number of fused-ring (bicyclic) bond motifs is 6. The number of aliphatic hydroxyl groups is 1. The molecule has 70 heavy (non-hydrogen) atoms. The molecule has 2 saturated heterocycles. The highest BCUT2D eigenvalue weighted by molar-refractivity contribution is 5.96. The summed E-state index contributed by atoms with van der Waals surface area (Å²) in [6.45, 7) is 22.3. The van der Waals surface area contributed by atoms with Crippen LogP contribution in [0.25, 0.3) is 10.9 Å². The minimum atomic E-state index is -3.24. The van der Waals surface area contributed by atoms with Crippen molar-refractivity contribution in [1.82, 2.24) is 14.8 Å². The highest BCUT2D eigenvalue weighted by Crippen LogP contribution is 2.72. The molecule has 2 bridgehead atoms. The molecule has 382 valence electrons. The molecule has 3 fully saturated rings. The monoisotopic (exact) mass is 974 g/mol. The summed E-state index contributed by atoms with van der Waals surface area (Å²) in [6, 6.07) is 3.09. The van der Waals surface area contributed by atoms with Crippen LogP contribution in [0, 0.1) is 43.9 Å². The molecule has 6 unspecified atom stereocenters. The van der Waals surface area contributed by atoms with E-state index in [2.05, 4.69) is 61.5 Å². The van der Waals surface area contributed by atoms with Gasteiger partial charge in [0.05, 0.1) is 26.4 Å². The molecule has 9 rings (SSSR count). The molecule has 1 saturated carbocycles. The van der Waals surface area contributed by atoms with E-state index < -0.39 is 88.6 Å². The highest BCUT2D eigenvalue weighted by Gasteiger charge is 2.83. The number of hydrogen-bond donors (Lipinski definition) is 2. The molecule has 5 aliphatic heterocycles. The summed E-state index contributed by atoms with van der Waals surface area (Å²) in [5.41, 5.74) is -0.245. The Morgan fingerprint density at radius 2 is 1.66 bits per heavy atom. The second kappa shape index (κ2) is 17.0. The van der Waals surface area contributed by atoms with Crippen LogP contribution in [0.3, 0.4) is 0 Å². The number of aryl methyl sites for hydroxylation is 2. The number of rotatable bonds is 10. The molecule has 3 aromatic rings. The van der Waals surface area contributed by atoms with Gasteiger partial charge in [-0.05, 0) is 147 Å². The molecule has 2 N–H and O–H groups in total. The zero-order valence-electron chi connectivity index (χ0n) is 46.5. The topological polar surface area (TPSA) is 134 Å². The van der Waals surface area contributed by atoms with Crippen LogP contribution in [0.5, 0.6) is 5.75 Å². The van der Waals surface area contributed by atoms with Gasteiger partial charge in [-0.15, -0.1) is 0 Å². The number of alkyl halides is 2.